The first kappa shape index (κ1) is 9.40. The molecule has 0 N–H and O–H groups in total. The molecule has 16 heavy (non-hydrogen) atoms. The fourth-order valence-electron chi connectivity index (χ4n) is 2.11. The summed E-state index contributed by atoms with van der Waals surface area (Å²) in [6, 6.07) is 12.5. The minimum Gasteiger partial charge on any atom is -0.360 e. The molecule has 3 rings (SSSR count). The van der Waals surface area contributed by atoms with Crippen LogP contribution in [-0.4, -0.2) is 5.16 Å². The Morgan fingerprint density at radius 2 is 1.81 bits per heavy atom. The standard InChI is InChI=1S/C14H13NO/c1-9(2)14-12-8-7-10-5-3-4-6-11(10)13(12)15-16-14/h3-9H,1-2H3. The predicted molar refractivity (Wildman–Crippen MR) is 65.6 cm³/mol. The van der Waals surface area contributed by atoms with E-state index in [0.29, 0.717) is 5.92 Å². The van der Waals surface area contributed by atoms with E-state index in [9.17, 15) is 0 Å². The van der Waals surface area contributed by atoms with Crippen molar-refractivity contribution in [3.8, 4) is 0 Å². The topological polar surface area (TPSA) is 26.0 Å². The second kappa shape index (κ2) is 3.34. The minimum atomic E-state index is 0.367. The van der Waals surface area contributed by atoms with Crippen LogP contribution in [0.5, 0.6) is 0 Å². The number of aromatic nitrogens is 1. The van der Waals surface area contributed by atoms with Gasteiger partial charge in [-0.2, -0.15) is 0 Å². The molecule has 0 spiro atoms. The Morgan fingerprint density at radius 3 is 2.62 bits per heavy atom. The van der Waals surface area contributed by atoms with E-state index in [-0.39, 0.29) is 0 Å². The zero-order valence-electron chi connectivity index (χ0n) is 9.40. The van der Waals surface area contributed by atoms with Crippen molar-refractivity contribution in [2.75, 3.05) is 0 Å². The fraction of sp³-hybridized carbons (Fsp3) is 0.214. The number of hydrogen-bond acceptors (Lipinski definition) is 2. The lowest BCUT2D eigenvalue weighted by molar-refractivity contribution is 0.379. The molecule has 2 nitrogen and oxygen atoms in total. The van der Waals surface area contributed by atoms with Gasteiger partial charge in [0.1, 0.15) is 11.3 Å². The molecular formula is C14H13NO. The van der Waals surface area contributed by atoms with Gasteiger partial charge in [-0.15, -0.1) is 0 Å². The molecule has 3 aromatic rings. The first-order valence-electron chi connectivity index (χ1n) is 5.54. The zero-order chi connectivity index (χ0) is 11.1. The van der Waals surface area contributed by atoms with Gasteiger partial charge in [0.05, 0.1) is 0 Å². The average molecular weight is 211 g/mol. The Bertz CT molecular complexity index is 652. The van der Waals surface area contributed by atoms with Crippen molar-refractivity contribution in [1.29, 1.82) is 0 Å². The van der Waals surface area contributed by atoms with Crippen LogP contribution in [0.25, 0.3) is 21.7 Å². The van der Waals surface area contributed by atoms with Gasteiger partial charge in [0.25, 0.3) is 0 Å². The van der Waals surface area contributed by atoms with Crippen molar-refractivity contribution in [2.45, 2.75) is 19.8 Å². The Morgan fingerprint density at radius 1 is 1.00 bits per heavy atom. The summed E-state index contributed by atoms with van der Waals surface area (Å²) < 4.78 is 5.43. The van der Waals surface area contributed by atoms with Crippen LogP contribution in [0.2, 0.25) is 0 Å². The van der Waals surface area contributed by atoms with Crippen LogP contribution in [0.15, 0.2) is 40.9 Å². The number of nitrogens with zero attached hydrogens (tertiary/aromatic N) is 1. The Balaban J connectivity index is 2.45. The molecule has 2 aromatic carbocycles. The van der Waals surface area contributed by atoms with Crippen LogP contribution < -0.4 is 0 Å². The van der Waals surface area contributed by atoms with Gasteiger partial charge in [0.2, 0.25) is 0 Å². The lowest BCUT2D eigenvalue weighted by Gasteiger charge is -2.00. The highest BCUT2D eigenvalue weighted by Gasteiger charge is 2.13. The molecule has 0 amide bonds. The molecule has 1 aromatic heterocycles. The molecule has 0 radical (unpaired) electrons. The van der Waals surface area contributed by atoms with Crippen LogP contribution in [-0.2, 0) is 0 Å². The maximum Gasteiger partial charge on any atom is 0.147 e. The molecule has 2 heteroatoms. The molecule has 0 aliphatic rings. The van der Waals surface area contributed by atoms with Crippen LogP contribution in [0.4, 0.5) is 0 Å². The molecule has 0 bridgehead atoms. The smallest absolute Gasteiger partial charge is 0.147 e. The SMILES string of the molecule is CC(C)c1onc2c1ccc1ccccc12. The van der Waals surface area contributed by atoms with Gasteiger partial charge < -0.3 is 4.52 Å². The summed E-state index contributed by atoms with van der Waals surface area (Å²) in [7, 11) is 0. The molecule has 1 heterocycles. The Hall–Kier alpha value is -1.83. The van der Waals surface area contributed by atoms with E-state index in [1.165, 1.54) is 5.39 Å². The van der Waals surface area contributed by atoms with E-state index in [1.54, 1.807) is 0 Å². The van der Waals surface area contributed by atoms with Gasteiger partial charge >= 0.3 is 0 Å². The summed E-state index contributed by atoms with van der Waals surface area (Å²) in [4.78, 5) is 0. The van der Waals surface area contributed by atoms with Crippen molar-refractivity contribution >= 4 is 21.7 Å². The van der Waals surface area contributed by atoms with Crippen molar-refractivity contribution in [2.24, 2.45) is 0 Å². The maximum atomic E-state index is 5.43. The zero-order valence-corrected chi connectivity index (χ0v) is 9.40. The molecule has 0 saturated carbocycles. The molecule has 0 atom stereocenters. The largest absolute Gasteiger partial charge is 0.360 e. The minimum absolute atomic E-state index is 0.367. The molecule has 0 fully saturated rings. The van der Waals surface area contributed by atoms with Gasteiger partial charge in [0.15, 0.2) is 0 Å². The molecule has 80 valence electrons. The van der Waals surface area contributed by atoms with Crippen LogP contribution in [0.1, 0.15) is 25.5 Å². The van der Waals surface area contributed by atoms with E-state index in [0.717, 1.165) is 22.0 Å². The van der Waals surface area contributed by atoms with Gasteiger partial charge in [-0.05, 0) is 11.5 Å². The lowest BCUT2D eigenvalue weighted by atomic mass is 10.0. The third-order valence-corrected chi connectivity index (χ3v) is 2.93. The number of hydrogen-bond donors (Lipinski definition) is 0. The maximum absolute atomic E-state index is 5.43. The molecule has 0 aliphatic carbocycles. The lowest BCUT2D eigenvalue weighted by Crippen LogP contribution is -1.83. The van der Waals surface area contributed by atoms with Gasteiger partial charge in [-0.1, -0.05) is 49.3 Å². The fourth-order valence-corrected chi connectivity index (χ4v) is 2.11. The predicted octanol–water partition coefficient (Wildman–Crippen LogP) is 4.10. The van der Waals surface area contributed by atoms with Crippen molar-refractivity contribution in [1.82, 2.24) is 5.16 Å². The van der Waals surface area contributed by atoms with Crippen LogP contribution in [0.3, 0.4) is 0 Å². The summed E-state index contributed by atoms with van der Waals surface area (Å²) in [5.74, 6) is 1.34. The summed E-state index contributed by atoms with van der Waals surface area (Å²) in [6.45, 7) is 4.24. The molecule has 0 aliphatic heterocycles. The highest BCUT2D eigenvalue weighted by atomic mass is 16.5. The normalized spacial score (nSPS) is 11.7. The first-order chi connectivity index (χ1) is 7.77. The number of rotatable bonds is 1. The van der Waals surface area contributed by atoms with Crippen molar-refractivity contribution < 1.29 is 4.52 Å². The molecule has 0 unspecified atom stereocenters. The summed E-state index contributed by atoms with van der Waals surface area (Å²) in [5.41, 5.74) is 0.974. The third kappa shape index (κ3) is 1.23. The second-order valence-electron chi connectivity index (χ2n) is 4.38. The van der Waals surface area contributed by atoms with E-state index >= 15 is 0 Å². The van der Waals surface area contributed by atoms with E-state index in [4.69, 9.17) is 4.52 Å². The third-order valence-electron chi connectivity index (χ3n) is 2.93. The highest BCUT2D eigenvalue weighted by Crippen LogP contribution is 2.30. The monoisotopic (exact) mass is 211 g/mol. The summed E-state index contributed by atoms with van der Waals surface area (Å²) in [5, 5.41) is 7.70. The quantitative estimate of drug-likeness (QED) is 0.605. The van der Waals surface area contributed by atoms with E-state index in [1.807, 2.05) is 12.1 Å². The van der Waals surface area contributed by atoms with Gasteiger partial charge in [0, 0.05) is 16.7 Å². The van der Waals surface area contributed by atoms with Crippen LogP contribution in [0, 0.1) is 0 Å². The van der Waals surface area contributed by atoms with Crippen molar-refractivity contribution in [3.63, 3.8) is 0 Å². The highest BCUT2D eigenvalue weighted by molar-refractivity contribution is 6.05. The van der Waals surface area contributed by atoms with Gasteiger partial charge in [-0.25, -0.2) is 0 Å². The second-order valence-corrected chi connectivity index (χ2v) is 4.38. The Labute approximate surface area is 93.9 Å². The van der Waals surface area contributed by atoms with E-state index in [2.05, 4.69) is 43.3 Å². The Kier molecular flexibility index (Phi) is 1.96. The summed E-state index contributed by atoms with van der Waals surface area (Å²) >= 11 is 0. The first-order valence-corrected chi connectivity index (χ1v) is 5.54. The van der Waals surface area contributed by atoms with Gasteiger partial charge in [-0.3, -0.25) is 0 Å². The van der Waals surface area contributed by atoms with Crippen molar-refractivity contribution in [3.05, 3.63) is 42.2 Å². The number of fused-ring (bicyclic) bond motifs is 3. The summed E-state index contributed by atoms with van der Waals surface area (Å²) in [6.07, 6.45) is 0. The van der Waals surface area contributed by atoms with E-state index < -0.39 is 0 Å². The average Bonchev–Trinajstić information content (AvgIpc) is 2.73. The molecular weight excluding hydrogens is 198 g/mol. The molecule has 0 saturated heterocycles. The van der Waals surface area contributed by atoms with Crippen LogP contribution >= 0.6 is 0 Å². The number of benzene rings is 2.